The zero-order valence-corrected chi connectivity index (χ0v) is 6.61. The fourth-order valence-corrected chi connectivity index (χ4v) is 0.850. The van der Waals surface area contributed by atoms with Gasteiger partial charge in [0.15, 0.2) is 0 Å². The molecule has 0 fully saturated rings. The summed E-state index contributed by atoms with van der Waals surface area (Å²) in [6.07, 6.45) is 3.66. The molecule has 1 aromatic rings. The topological polar surface area (TPSA) is 12.9 Å². The Morgan fingerprint density at radius 1 is 1.57 bits per heavy atom. The van der Waals surface area contributed by atoms with Crippen molar-refractivity contribution in [3.05, 3.63) is 24.5 Å². The molecule has 0 aliphatic heterocycles. The zero-order chi connectivity index (χ0) is 5.11. The summed E-state index contributed by atoms with van der Waals surface area (Å²) in [5, 5.41) is 0. The van der Waals surface area contributed by atoms with Crippen molar-refractivity contribution in [2.75, 3.05) is 0 Å². The Bertz CT molecular complexity index is 138. The summed E-state index contributed by atoms with van der Waals surface area (Å²) in [6.45, 7) is 0. The van der Waals surface area contributed by atoms with E-state index >= 15 is 0 Å². The van der Waals surface area contributed by atoms with Crippen LogP contribution >= 0.6 is 0 Å². The fourth-order valence-electron chi connectivity index (χ4n) is 0.363. The van der Waals surface area contributed by atoms with E-state index in [1.54, 1.807) is 6.20 Å². The third-order valence-corrected chi connectivity index (χ3v) is 1.51. The first-order chi connectivity index (χ1) is 3.39. The molecule has 0 N–H and O–H groups in total. The Labute approximate surface area is 55.9 Å². The third-order valence-electron chi connectivity index (χ3n) is 0.662. The minimum atomic E-state index is 1.30. The molecule has 0 spiro atoms. The van der Waals surface area contributed by atoms with Crippen molar-refractivity contribution in [3.8, 4) is 0 Å². The molecular weight excluding hydrogens is 193 g/mol. The Morgan fingerprint density at radius 2 is 2.43 bits per heavy atom. The number of nitrogens with zero attached hydrogens (tertiary/aromatic N) is 1. The number of aromatic nitrogens is 1. The van der Waals surface area contributed by atoms with Gasteiger partial charge in [0, 0.05) is 0 Å². The molecule has 0 unspecified atom stereocenters. The molecule has 2 heteroatoms. The van der Waals surface area contributed by atoms with E-state index in [-0.39, 0.29) is 0 Å². The Morgan fingerprint density at radius 3 is 2.71 bits per heavy atom. The monoisotopic (exact) mass is 198 g/mol. The quantitative estimate of drug-likeness (QED) is 0.528. The minimum absolute atomic E-state index is 1.30. The molecule has 7 heavy (non-hydrogen) atoms. The van der Waals surface area contributed by atoms with Crippen LogP contribution in [0.5, 0.6) is 0 Å². The molecule has 0 aromatic carbocycles. The molecule has 2 radical (unpaired) electrons. The fraction of sp³-hybridized carbons (Fsp3) is 0. The van der Waals surface area contributed by atoms with Crippen LogP contribution in [0.1, 0.15) is 0 Å². The summed E-state index contributed by atoms with van der Waals surface area (Å²) in [4.78, 5) is 3.91. The maximum absolute atomic E-state index is 3.91. The number of pyridine rings is 1. The van der Waals surface area contributed by atoms with Gasteiger partial charge in [0.1, 0.15) is 0 Å². The maximum atomic E-state index is 3.91. The van der Waals surface area contributed by atoms with Crippen LogP contribution in [0.2, 0.25) is 0 Å². The number of hydrogen-bond donors (Lipinski definition) is 0. The van der Waals surface area contributed by atoms with Gasteiger partial charge in [-0.25, -0.2) is 0 Å². The van der Waals surface area contributed by atoms with Gasteiger partial charge in [-0.15, -0.1) is 0 Å². The Kier molecular flexibility index (Phi) is 1.68. The summed E-state index contributed by atoms with van der Waals surface area (Å²) < 4.78 is 1.30. The summed E-state index contributed by atoms with van der Waals surface area (Å²) in [5.74, 6) is 0. The second-order valence-electron chi connectivity index (χ2n) is 1.24. The normalized spacial score (nSPS) is 8.57. The van der Waals surface area contributed by atoms with Gasteiger partial charge in [-0.05, 0) is 0 Å². The molecule has 0 bridgehead atoms. The number of hydrogen-bond acceptors (Lipinski definition) is 1. The van der Waals surface area contributed by atoms with E-state index in [1.165, 1.54) is 26.1 Å². The van der Waals surface area contributed by atoms with E-state index in [4.69, 9.17) is 0 Å². The molecule has 0 amide bonds. The van der Waals surface area contributed by atoms with Gasteiger partial charge in [-0.1, -0.05) is 0 Å². The zero-order valence-electron chi connectivity index (χ0n) is 3.76. The van der Waals surface area contributed by atoms with Crippen LogP contribution in [0.3, 0.4) is 0 Å². The van der Waals surface area contributed by atoms with Crippen molar-refractivity contribution in [1.82, 2.24) is 4.98 Å². The average Bonchev–Trinajstić information content (AvgIpc) is 1.69. The molecule has 1 rings (SSSR count). The van der Waals surface area contributed by atoms with Gasteiger partial charge in [0.05, 0.1) is 0 Å². The van der Waals surface area contributed by atoms with Gasteiger partial charge in [-0.3, -0.25) is 0 Å². The first kappa shape index (κ1) is 5.09. The molecule has 1 nitrogen and oxygen atoms in total. The van der Waals surface area contributed by atoms with Gasteiger partial charge >= 0.3 is 55.6 Å². The molecular formula is C5H4NSn+. The van der Waals surface area contributed by atoms with Crippen molar-refractivity contribution in [1.29, 1.82) is 0 Å². The summed E-state index contributed by atoms with van der Waals surface area (Å²) in [5.41, 5.74) is 0. The van der Waals surface area contributed by atoms with Gasteiger partial charge in [-0.2, -0.15) is 0 Å². The molecule has 32 valence electrons. The predicted octanol–water partition coefficient (Wildman–Crippen LogP) is -0.125. The van der Waals surface area contributed by atoms with Crippen LogP contribution in [0.15, 0.2) is 24.5 Å². The second-order valence-corrected chi connectivity index (χ2v) is 2.89. The summed E-state index contributed by atoms with van der Waals surface area (Å²) in [7, 11) is 0. The first-order valence-corrected chi connectivity index (χ1v) is 3.44. The van der Waals surface area contributed by atoms with Crippen LogP contribution in [0, 0.1) is 0 Å². The van der Waals surface area contributed by atoms with E-state index in [0.29, 0.717) is 0 Å². The molecule has 0 aliphatic rings. The van der Waals surface area contributed by atoms with Crippen molar-refractivity contribution in [2.24, 2.45) is 0 Å². The standard InChI is InChI=1S/C5H4N.Sn/c1-2-4-6-5-3-1;/h1-2,4-5H;/q;+1. The average molecular weight is 197 g/mol. The number of rotatable bonds is 0. The molecule has 1 aromatic heterocycles. The van der Waals surface area contributed by atoms with Gasteiger partial charge < -0.3 is 0 Å². The van der Waals surface area contributed by atoms with E-state index in [9.17, 15) is 0 Å². The molecule has 0 aliphatic carbocycles. The van der Waals surface area contributed by atoms with Crippen LogP contribution in [-0.2, 0) is 0 Å². The van der Waals surface area contributed by atoms with E-state index in [2.05, 4.69) is 11.1 Å². The van der Waals surface area contributed by atoms with Crippen LogP contribution in [-0.4, -0.2) is 27.5 Å². The van der Waals surface area contributed by atoms with Crippen LogP contribution in [0.25, 0.3) is 0 Å². The van der Waals surface area contributed by atoms with Crippen LogP contribution in [0.4, 0.5) is 0 Å². The van der Waals surface area contributed by atoms with E-state index in [0.717, 1.165) is 0 Å². The van der Waals surface area contributed by atoms with E-state index in [1.807, 2.05) is 12.3 Å². The Balaban J connectivity index is 3.02. The predicted molar refractivity (Wildman–Crippen MR) is 29.6 cm³/mol. The molecule has 0 saturated heterocycles. The SMILES string of the molecule is [Sn+][c]1cccnc1. The van der Waals surface area contributed by atoms with Gasteiger partial charge in [0.2, 0.25) is 0 Å². The van der Waals surface area contributed by atoms with E-state index < -0.39 is 0 Å². The van der Waals surface area contributed by atoms with Crippen molar-refractivity contribution in [2.45, 2.75) is 0 Å². The summed E-state index contributed by atoms with van der Waals surface area (Å²) >= 11 is 1.43. The molecule has 0 atom stereocenters. The van der Waals surface area contributed by atoms with Crippen molar-refractivity contribution in [3.63, 3.8) is 0 Å². The van der Waals surface area contributed by atoms with Crippen molar-refractivity contribution >= 4 is 26.1 Å². The summed E-state index contributed by atoms with van der Waals surface area (Å²) in [6, 6.07) is 4.01. The first-order valence-electron chi connectivity index (χ1n) is 2.01. The molecule has 1 heterocycles. The van der Waals surface area contributed by atoms with Crippen LogP contribution < -0.4 is 3.58 Å². The second kappa shape index (κ2) is 2.31. The third kappa shape index (κ3) is 1.47. The Hall–Kier alpha value is -0.0513. The van der Waals surface area contributed by atoms with Crippen molar-refractivity contribution < 1.29 is 0 Å². The molecule has 0 saturated carbocycles. The van der Waals surface area contributed by atoms with Gasteiger partial charge in [0.25, 0.3) is 0 Å².